The van der Waals surface area contributed by atoms with Gasteiger partial charge in [0.1, 0.15) is 17.5 Å². The predicted molar refractivity (Wildman–Crippen MR) is 123 cm³/mol. The summed E-state index contributed by atoms with van der Waals surface area (Å²) in [5, 5.41) is 2.74. The lowest BCUT2D eigenvalue weighted by molar-refractivity contribution is 0.102. The molecule has 0 aliphatic rings. The minimum atomic E-state index is -0.914. The van der Waals surface area contributed by atoms with Crippen molar-refractivity contribution in [3.05, 3.63) is 83.7 Å². The number of benzene rings is 3. The van der Waals surface area contributed by atoms with Gasteiger partial charge < -0.3 is 20.1 Å². The molecule has 1 aromatic heterocycles. The number of nitrogens with zero attached hydrogens (tertiary/aromatic N) is 3. The van der Waals surface area contributed by atoms with Gasteiger partial charge >= 0.3 is 0 Å². The van der Waals surface area contributed by atoms with E-state index in [9.17, 15) is 13.6 Å². The number of hydrogen-bond donors (Lipinski definition) is 2. The molecule has 4 rings (SSSR count). The summed E-state index contributed by atoms with van der Waals surface area (Å²) in [6.07, 6.45) is 0. The van der Waals surface area contributed by atoms with Crippen molar-refractivity contribution in [3.8, 4) is 0 Å². The van der Waals surface area contributed by atoms with E-state index in [2.05, 4.69) is 20.2 Å². The quantitative estimate of drug-likeness (QED) is 0.457. The number of rotatable bonds is 6. The first-order chi connectivity index (χ1) is 15.3. The SMILES string of the molecule is CN(C)c1cc2nc(CN(C)c3ccccc3)[nH]c2cc1NC(=O)c1ccc(F)cc1F. The summed E-state index contributed by atoms with van der Waals surface area (Å²) >= 11 is 0. The fraction of sp³-hybridized carbons (Fsp3) is 0.167. The topological polar surface area (TPSA) is 64.3 Å². The molecule has 1 amide bonds. The van der Waals surface area contributed by atoms with Crippen LogP contribution >= 0.6 is 0 Å². The maximum atomic E-state index is 14.0. The van der Waals surface area contributed by atoms with Gasteiger partial charge in [0.15, 0.2) is 0 Å². The monoisotopic (exact) mass is 435 g/mol. The molecule has 0 radical (unpaired) electrons. The molecule has 0 bridgehead atoms. The van der Waals surface area contributed by atoms with E-state index >= 15 is 0 Å². The first-order valence-electron chi connectivity index (χ1n) is 10.0. The molecule has 32 heavy (non-hydrogen) atoms. The Labute approximate surface area is 184 Å². The van der Waals surface area contributed by atoms with Gasteiger partial charge in [-0.05, 0) is 36.4 Å². The number of fused-ring (bicyclic) bond motifs is 1. The number of hydrogen-bond acceptors (Lipinski definition) is 4. The molecule has 0 unspecified atom stereocenters. The lowest BCUT2D eigenvalue weighted by Crippen LogP contribution is -2.18. The van der Waals surface area contributed by atoms with E-state index in [0.29, 0.717) is 24.0 Å². The van der Waals surface area contributed by atoms with Crippen molar-refractivity contribution in [1.29, 1.82) is 0 Å². The Balaban J connectivity index is 1.63. The third-order valence-corrected chi connectivity index (χ3v) is 5.14. The fourth-order valence-corrected chi connectivity index (χ4v) is 3.51. The van der Waals surface area contributed by atoms with E-state index in [1.165, 1.54) is 0 Å². The van der Waals surface area contributed by atoms with Crippen molar-refractivity contribution in [2.45, 2.75) is 6.54 Å². The molecule has 2 N–H and O–H groups in total. The Morgan fingerprint density at radius 3 is 2.47 bits per heavy atom. The summed E-state index contributed by atoms with van der Waals surface area (Å²) in [4.78, 5) is 24.5. The number of amides is 1. The van der Waals surface area contributed by atoms with Crippen LogP contribution in [0.2, 0.25) is 0 Å². The van der Waals surface area contributed by atoms with Gasteiger partial charge in [-0.1, -0.05) is 18.2 Å². The van der Waals surface area contributed by atoms with Crippen LogP contribution < -0.4 is 15.1 Å². The molecule has 0 spiro atoms. The summed E-state index contributed by atoms with van der Waals surface area (Å²) in [6.45, 7) is 0.568. The highest BCUT2D eigenvalue weighted by molar-refractivity contribution is 6.07. The summed E-state index contributed by atoms with van der Waals surface area (Å²) in [7, 11) is 5.66. The van der Waals surface area contributed by atoms with Crippen LogP contribution in [0, 0.1) is 11.6 Å². The maximum absolute atomic E-state index is 14.0. The second-order valence-corrected chi connectivity index (χ2v) is 7.73. The molecule has 0 atom stereocenters. The van der Waals surface area contributed by atoms with E-state index in [-0.39, 0.29) is 5.56 Å². The summed E-state index contributed by atoms with van der Waals surface area (Å²) in [5.41, 5.74) is 3.52. The number of carbonyl (C=O) groups is 1. The van der Waals surface area contributed by atoms with Gasteiger partial charge in [0.2, 0.25) is 0 Å². The number of imidazole rings is 1. The van der Waals surface area contributed by atoms with Crippen LogP contribution in [-0.4, -0.2) is 37.0 Å². The Morgan fingerprint density at radius 2 is 1.78 bits per heavy atom. The van der Waals surface area contributed by atoms with Crippen molar-refractivity contribution in [2.24, 2.45) is 0 Å². The van der Waals surface area contributed by atoms with Gasteiger partial charge in [-0.3, -0.25) is 4.79 Å². The normalized spacial score (nSPS) is 10.9. The average molecular weight is 435 g/mol. The van der Waals surface area contributed by atoms with Gasteiger partial charge in [-0.25, -0.2) is 13.8 Å². The number of halogens is 2. The molecule has 6 nitrogen and oxygen atoms in total. The molecule has 4 aromatic rings. The molecule has 164 valence electrons. The molecular weight excluding hydrogens is 412 g/mol. The highest BCUT2D eigenvalue weighted by Crippen LogP contribution is 2.30. The lowest BCUT2D eigenvalue weighted by Gasteiger charge is -2.18. The summed E-state index contributed by atoms with van der Waals surface area (Å²) < 4.78 is 27.2. The Morgan fingerprint density at radius 1 is 1.03 bits per heavy atom. The van der Waals surface area contributed by atoms with Crippen molar-refractivity contribution in [3.63, 3.8) is 0 Å². The zero-order valence-electron chi connectivity index (χ0n) is 18.0. The first kappa shape index (κ1) is 21.3. The Bertz CT molecular complexity index is 1270. The third kappa shape index (κ3) is 4.39. The zero-order valence-corrected chi connectivity index (χ0v) is 18.0. The number of aromatic nitrogens is 2. The molecule has 3 aromatic carbocycles. The molecular formula is C24H23F2N5O. The predicted octanol–water partition coefficient (Wildman–Crippen LogP) is 4.80. The lowest BCUT2D eigenvalue weighted by atomic mass is 10.1. The molecule has 0 aliphatic heterocycles. The minimum Gasteiger partial charge on any atom is -0.376 e. The molecule has 0 saturated heterocycles. The van der Waals surface area contributed by atoms with Gasteiger partial charge in [0.25, 0.3) is 5.91 Å². The number of nitrogens with one attached hydrogen (secondary N) is 2. The van der Waals surface area contributed by atoms with E-state index in [0.717, 1.165) is 34.7 Å². The second kappa shape index (κ2) is 8.66. The molecule has 0 aliphatic carbocycles. The fourth-order valence-electron chi connectivity index (χ4n) is 3.51. The standard InChI is InChI=1S/C24H23F2N5O/c1-30(2)22-13-20-19(27-23(28-20)14-31(3)16-7-5-4-6-8-16)12-21(22)29-24(32)17-10-9-15(25)11-18(17)26/h4-13H,14H2,1-3H3,(H,27,28)(H,29,32). The highest BCUT2D eigenvalue weighted by atomic mass is 19.1. The molecule has 8 heteroatoms. The third-order valence-electron chi connectivity index (χ3n) is 5.14. The largest absolute Gasteiger partial charge is 0.376 e. The van der Waals surface area contributed by atoms with E-state index in [4.69, 9.17) is 0 Å². The van der Waals surface area contributed by atoms with Gasteiger partial charge in [0, 0.05) is 32.9 Å². The molecule has 0 saturated carbocycles. The number of carbonyl (C=O) groups excluding carboxylic acids is 1. The number of aromatic amines is 1. The van der Waals surface area contributed by atoms with Crippen LogP contribution in [-0.2, 0) is 6.54 Å². The molecule has 1 heterocycles. The number of para-hydroxylation sites is 1. The second-order valence-electron chi connectivity index (χ2n) is 7.73. The van der Waals surface area contributed by atoms with Crippen molar-refractivity contribution in [1.82, 2.24) is 9.97 Å². The van der Waals surface area contributed by atoms with Gasteiger partial charge in [-0.15, -0.1) is 0 Å². The summed E-state index contributed by atoms with van der Waals surface area (Å²) in [5.74, 6) is -1.54. The van der Waals surface area contributed by atoms with Crippen LogP contribution in [0.4, 0.5) is 25.8 Å². The van der Waals surface area contributed by atoms with Crippen molar-refractivity contribution in [2.75, 3.05) is 36.3 Å². The van der Waals surface area contributed by atoms with Crippen LogP contribution in [0.5, 0.6) is 0 Å². The van der Waals surface area contributed by atoms with E-state index in [1.807, 2.05) is 62.4 Å². The van der Waals surface area contributed by atoms with Gasteiger partial charge in [0.05, 0.1) is 34.5 Å². The van der Waals surface area contributed by atoms with Crippen LogP contribution in [0.15, 0.2) is 60.7 Å². The van der Waals surface area contributed by atoms with Crippen LogP contribution in [0.3, 0.4) is 0 Å². The van der Waals surface area contributed by atoms with Gasteiger partial charge in [-0.2, -0.15) is 0 Å². The maximum Gasteiger partial charge on any atom is 0.258 e. The Kier molecular flexibility index (Phi) is 5.77. The van der Waals surface area contributed by atoms with Crippen LogP contribution in [0.1, 0.15) is 16.2 Å². The first-order valence-corrected chi connectivity index (χ1v) is 10.0. The van der Waals surface area contributed by atoms with E-state index < -0.39 is 17.5 Å². The minimum absolute atomic E-state index is 0.231. The highest BCUT2D eigenvalue weighted by Gasteiger charge is 2.17. The molecule has 0 fully saturated rings. The smallest absolute Gasteiger partial charge is 0.258 e. The zero-order chi connectivity index (χ0) is 22.8. The van der Waals surface area contributed by atoms with Crippen molar-refractivity contribution < 1.29 is 13.6 Å². The average Bonchev–Trinajstić information content (AvgIpc) is 3.14. The van der Waals surface area contributed by atoms with E-state index in [1.54, 1.807) is 6.07 Å². The number of anilines is 3. The van der Waals surface area contributed by atoms with Crippen LogP contribution in [0.25, 0.3) is 11.0 Å². The van der Waals surface area contributed by atoms with Crippen molar-refractivity contribution >= 4 is 34.0 Å². The summed E-state index contributed by atoms with van der Waals surface area (Å²) in [6, 6.07) is 16.5. The number of H-pyrrole nitrogens is 1. The Hall–Kier alpha value is -3.94.